The maximum atomic E-state index is 12.9. The van der Waals surface area contributed by atoms with Gasteiger partial charge in [0.15, 0.2) is 5.82 Å². The van der Waals surface area contributed by atoms with Crippen LogP contribution in [-0.2, 0) is 23.3 Å². The van der Waals surface area contributed by atoms with E-state index in [4.69, 9.17) is 4.52 Å². The van der Waals surface area contributed by atoms with Crippen LogP contribution in [0.3, 0.4) is 0 Å². The van der Waals surface area contributed by atoms with E-state index in [1.807, 2.05) is 24.3 Å². The van der Waals surface area contributed by atoms with Crippen molar-refractivity contribution in [3.63, 3.8) is 0 Å². The van der Waals surface area contributed by atoms with E-state index in [9.17, 15) is 9.59 Å². The molecule has 1 aliphatic heterocycles. The topological polar surface area (TPSA) is 88.3 Å². The first-order valence-electron chi connectivity index (χ1n) is 8.15. The van der Waals surface area contributed by atoms with E-state index in [1.54, 1.807) is 6.92 Å². The Morgan fingerprint density at radius 2 is 2.16 bits per heavy atom. The molecule has 1 aromatic heterocycles. The summed E-state index contributed by atoms with van der Waals surface area (Å²) in [5.74, 6) is 0.510. The lowest BCUT2D eigenvalue weighted by Crippen LogP contribution is -2.40. The predicted molar refractivity (Wildman–Crippen MR) is 93.5 cm³/mol. The normalized spacial score (nSPS) is 20.2. The van der Waals surface area contributed by atoms with Crippen molar-refractivity contribution in [2.45, 2.75) is 45.2 Å². The van der Waals surface area contributed by atoms with E-state index in [0.29, 0.717) is 11.4 Å². The Labute approximate surface area is 153 Å². The summed E-state index contributed by atoms with van der Waals surface area (Å²) in [5.41, 5.74) is -0.414. The number of unbranched alkanes of at least 4 members (excludes halogenated alkanes) is 1. The van der Waals surface area contributed by atoms with Gasteiger partial charge in [-0.3, -0.25) is 9.69 Å². The molecule has 0 saturated carbocycles. The first kappa shape index (κ1) is 17.6. The minimum absolute atomic E-state index is 0.0343. The molecule has 1 N–H and O–H groups in total. The molecular weight excluding hydrogens is 388 g/mol. The minimum atomic E-state index is -1.12. The molecule has 3 amide bonds. The number of aryl methyl sites for hydroxylation is 1. The largest absolute Gasteiger partial charge is 0.337 e. The highest BCUT2D eigenvalue weighted by Crippen LogP contribution is 2.31. The molecule has 7 nitrogen and oxygen atoms in total. The van der Waals surface area contributed by atoms with Crippen LogP contribution in [0.4, 0.5) is 4.79 Å². The molecule has 132 valence electrons. The van der Waals surface area contributed by atoms with Crippen molar-refractivity contribution >= 4 is 27.9 Å². The van der Waals surface area contributed by atoms with Crippen LogP contribution in [0, 0.1) is 0 Å². The lowest BCUT2D eigenvalue weighted by atomic mass is 9.92. The first-order valence-corrected chi connectivity index (χ1v) is 8.95. The van der Waals surface area contributed by atoms with Crippen LogP contribution in [0.2, 0.25) is 0 Å². The van der Waals surface area contributed by atoms with Crippen molar-refractivity contribution in [3.05, 3.63) is 46.0 Å². The molecule has 2 aromatic rings. The highest BCUT2D eigenvalue weighted by Gasteiger charge is 2.49. The number of rotatable bonds is 6. The van der Waals surface area contributed by atoms with Gasteiger partial charge in [0.05, 0.1) is 0 Å². The summed E-state index contributed by atoms with van der Waals surface area (Å²) in [6.45, 7) is 3.74. The number of benzene rings is 1. The molecule has 1 atom stereocenters. The van der Waals surface area contributed by atoms with Crippen LogP contribution < -0.4 is 5.32 Å². The van der Waals surface area contributed by atoms with Crippen molar-refractivity contribution in [2.24, 2.45) is 0 Å². The molecule has 1 saturated heterocycles. The van der Waals surface area contributed by atoms with Gasteiger partial charge in [-0.1, -0.05) is 46.6 Å². The number of nitrogens with one attached hydrogen (secondary N) is 1. The standard InChI is InChI=1S/C17H19BrN4O3/c1-3-4-8-13-19-14(25-21-13)10-22-15(23)17(2,20-16(22)24)11-6-5-7-12(18)9-11/h5-7,9H,3-4,8,10H2,1-2H3,(H,20,24). The first-order chi connectivity index (χ1) is 11.9. The zero-order valence-electron chi connectivity index (χ0n) is 14.1. The van der Waals surface area contributed by atoms with Crippen molar-refractivity contribution in [3.8, 4) is 0 Å². The van der Waals surface area contributed by atoms with Crippen molar-refractivity contribution in [1.29, 1.82) is 0 Å². The number of halogens is 1. The van der Waals surface area contributed by atoms with Gasteiger partial charge in [0.2, 0.25) is 5.89 Å². The Bertz CT molecular complexity index is 807. The molecule has 0 aliphatic carbocycles. The van der Waals surface area contributed by atoms with E-state index in [1.165, 1.54) is 0 Å². The van der Waals surface area contributed by atoms with Crippen LogP contribution in [-0.4, -0.2) is 27.0 Å². The third-order valence-electron chi connectivity index (χ3n) is 4.23. The van der Waals surface area contributed by atoms with Crippen LogP contribution >= 0.6 is 15.9 Å². The van der Waals surface area contributed by atoms with Gasteiger partial charge in [-0.25, -0.2) is 4.79 Å². The molecule has 25 heavy (non-hydrogen) atoms. The zero-order chi connectivity index (χ0) is 18.0. The van der Waals surface area contributed by atoms with E-state index in [-0.39, 0.29) is 18.3 Å². The van der Waals surface area contributed by atoms with Crippen molar-refractivity contribution in [2.75, 3.05) is 0 Å². The number of aromatic nitrogens is 2. The Morgan fingerprint density at radius 3 is 2.88 bits per heavy atom. The molecule has 8 heteroatoms. The molecule has 1 unspecified atom stereocenters. The second kappa shape index (κ2) is 6.95. The summed E-state index contributed by atoms with van der Waals surface area (Å²) in [4.78, 5) is 30.6. The molecule has 2 heterocycles. The second-order valence-electron chi connectivity index (χ2n) is 6.16. The number of carbonyl (C=O) groups excluding carboxylic acids is 2. The summed E-state index contributed by atoms with van der Waals surface area (Å²) in [6.07, 6.45) is 2.71. The van der Waals surface area contributed by atoms with E-state index in [0.717, 1.165) is 28.6 Å². The molecular formula is C17H19BrN4O3. The number of carbonyl (C=O) groups is 2. The molecule has 1 aromatic carbocycles. The van der Waals surface area contributed by atoms with Gasteiger partial charge in [0, 0.05) is 10.9 Å². The fourth-order valence-corrected chi connectivity index (χ4v) is 3.16. The third kappa shape index (κ3) is 3.44. The lowest BCUT2D eigenvalue weighted by Gasteiger charge is -2.22. The van der Waals surface area contributed by atoms with Gasteiger partial charge in [-0.2, -0.15) is 4.98 Å². The van der Waals surface area contributed by atoms with Gasteiger partial charge >= 0.3 is 6.03 Å². The molecule has 3 rings (SSSR count). The average molecular weight is 407 g/mol. The van der Waals surface area contributed by atoms with Crippen LogP contribution in [0.1, 0.15) is 44.0 Å². The van der Waals surface area contributed by atoms with Crippen molar-refractivity contribution < 1.29 is 14.1 Å². The summed E-state index contributed by atoms with van der Waals surface area (Å²) in [5, 5.41) is 6.65. The second-order valence-corrected chi connectivity index (χ2v) is 7.08. The minimum Gasteiger partial charge on any atom is -0.337 e. The van der Waals surface area contributed by atoms with Gasteiger partial charge in [0.25, 0.3) is 5.91 Å². The Kier molecular flexibility index (Phi) is 4.89. The Balaban J connectivity index is 1.78. The van der Waals surface area contributed by atoms with Crippen LogP contribution in [0.15, 0.2) is 33.3 Å². The highest BCUT2D eigenvalue weighted by atomic mass is 79.9. The number of nitrogens with zero attached hydrogens (tertiary/aromatic N) is 3. The van der Waals surface area contributed by atoms with Gasteiger partial charge in [0.1, 0.15) is 12.1 Å². The monoisotopic (exact) mass is 406 g/mol. The number of urea groups is 1. The quantitative estimate of drug-likeness (QED) is 0.744. The molecule has 1 aliphatic rings. The number of imide groups is 1. The summed E-state index contributed by atoms with van der Waals surface area (Å²) in [6, 6.07) is 6.84. The Hall–Kier alpha value is -2.22. The smallest absolute Gasteiger partial charge is 0.325 e. The summed E-state index contributed by atoms with van der Waals surface area (Å²) in [7, 11) is 0. The van der Waals surface area contributed by atoms with E-state index < -0.39 is 11.6 Å². The molecule has 0 bridgehead atoms. The van der Waals surface area contributed by atoms with Gasteiger partial charge in [-0.05, 0) is 31.0 Å². The number of hydrogen-bond acceptors (Lipinski definition) is 5. The zero-order valence-corrected chi connectivity index (χ0v) is 15.7. The van der Waals surface area contributed by atoms with E-state index in [2.05, 4.69) is 38.3 Å². The summed E-state index contributed by atoms with van der Waals surface area (Å²) >= 11 is 3.39. The fourth-order valence-electron chi connectivity index (χ4n) is 2.76. The number of amides is 3. The van der Waals surface area contributed by atoms with Gasteiger partial charge in [-0.15, -0.1) is 0 Å². The van der Waals surface area contributed by atoms with Gasteiger partial charge < -0.3 is 9.84 Å². The lowest BCUT2D eigenvalue weighted by molar-refractivity contribution is -0.131. The molecule has 0 radical (unpaired) electrons. The Morgan fingerprint density at radius 1 is 1.36 bits per heavy atom. The molecule has 1 fully saturated rings. The average Bonchev–Trinajstić information content (AvgIpc) is 3.12. The maximum absolute atomic E-state index is 12.9. The van der Waals surface area contributed by atoms with E-state index >= 15 is 0 Å². The van der Waals surface area contributed by atoms with Crippen molar-refractivity contribution in [1.82, 2.24) is 20.4 Å². The number of hydrogen-bond donors (Lipinski definition) is 1. The SMILES string of the molecule is CCCCc1noc(CN2C(=O)NC(C)(c3cccc(Br)c3)C2=O)n1. The molecule has 0 spiro atoms. The summed E-state index contributed by atoms with van der Waals surface area (Å²) < 4.78 is 6.01. The third-order valence-corrected chi connectivity index (χ3v) is 4.73. The predicted octanol–water partition coefficient (Wildman–Crippen LogP) is 3.14. The van der Waals surface area contributed by atoms with Crippen LogP contribution in [0.25, 0.3) is 0 Å². The fraction of sp³-hybridized carbons (Fsp3) is 0.412. The highest BCUT2D eigenvalue weighted by molar-refractivity contribution is 9.10. The maximum Gasteiger partial charge on any atom is 0.325 e. The van der Waals surface area contributed by atoms with Crippen LogP contribution in [0.5, 0.6) is 0 Å².